The first-order valence-corrected chi connectivity index (χ1v) is 9.42. The molecule has 3 N–H and O–H groups in total. The van der Waals surface area contributed by atoms with E-state index in [9.17, 15) is 4.79 Å². The van der Waals surface area contributed by atoms with E-state index >= 15 is 8.78 Å². The standard InChI is InChI=1S/C21H19F2N5O3/c1-19(2)10-20(21(22,23)11-30-18(25)28-20)14-7-13(4-6-16(14)31-19)27-17(29)15-5-3-12(8-24)9-26-15/h3-7,9H,10-11H2,1-2H3,(H2,25,28)(H,27,29). The number of pyridine rings is 1. The first-order valence-electron chi connectivity index (χ1n) is 9.42. The molecule has 0 fully saturated rings. The summed E-state index contributed by atoms with van der Waals surface area (Å²) in [4.78, 5) is 20.5. The molecule has 1 aromatic heterocycles. The molecule has 8 nitrogen and oxygen atoms in total. The van der Waals surface area contributed by atoms with Crippen LogP contribution in [-0.2, 0) is 10.3 Å². The Morgan fingerprint density at radius 2 is 2.06 bits per heavy atom. The Kier molecular flexibility index (Phi) is 4.57. The first-order chi connectivity index (χ1) is 14.6. The molecule has 0 radical (unpaired) electrons. The SMILES string of the molecule is CC1(C)CC2(N=C(N)OCC2(F)F)c2cc(NC(=O)c3ccc(C#N)cn3)ccc2O1. The molecule has 10 heteroatoms. The summed E-state index contributed by atoms with van der Waals surface area (Å²) >= 11 is 0. The zero-order valence-electron chi connectivity index (χ0n) is 16.8. The van der Waals surface area contributed by atoms with Gasteiger partial charge < -0.3 is 20.5 Å². The maximum absolute atomic E-state index is 15.2. The lowest BCUT2D eigenvalue weighted by atomic mass is 9.73. The van der Waals surface area contributed by atoms with Gasteiger partial charge in [0, 0.05) is 23.9 Å². The molecule has 1 aromatic carbocycles. The topological polar surface area (TPSA) is 123 Å². The monoisotopic (exact) mass is 427 g/mol. The highest BCUT2D eigenvalue weighted by Gasteiger charge is 2.63. The van der Waals surface area contributed by atoms with Crippen molar-refractivity contribution in [3.8, 4) is 11.8 Å². The minimum absolute atomic E-state index is 0.0717. The molecule has 160 valence electrons. The second-order valence-corrected chi connectivity index (χ2v) is 8.05. The predicted octanol–water partition coefficient (Wildman–Crippen LogP) is 2.94. The molecule has 1 spiro atoms. The van der Waals surface area contributed by atoms with Crippen molar-refractivity contribution in [2.24, 2.45) is 10.7 Å². The number of anilines is 1. The van der Waals surface area contributed by atoms with Crippen LogP contribution in [0, 0.1) is 11.3 Å². The van der Waals surface area contributed by atoms with E-state index in [1.54, 1.807) is 19.9 Å². The van der Waals surface area contributed by atoms with Gasteiger partial charge in [-0.25, -0.2) is 9.98 Å². The smallest absolute Gasteiger partial charge is 0.310 e. The fourth-order valence-corrected chi connectivity index (χ4v) is 3.87. The summed E-state index contributed by atoms with van der Waals surface area (Å²) in [7, 11) is 0. The molecule has 2 aliphatic rings. The largest absolute Gasteiger partial charge is 0.487 e. The van der Waals surface area contributed by atoms with Crippen molar-refractivity contribution < 1.29 is 23.0 Å². The van der Waals surface area contributed by atoms with Crippen LogP contribution in [0.25, 0.3) is 0 Å². The zero-order valence-corrected chi connectivity index (χ0v) is 16.8. The molecule has 1 atom stereocenters. The van der Waals surface area contributed by atoms with E-state index in [1.165, 1.54) is 30.5 Å². The maximum atomic E-state index is 15.2. The van der Waals surface area contributed by atoms with Crippen LogP contribution < -0.4 is 15.8 Å². The lowest BCUT2D eigenvalue weighted by Gasteiger charge is -2.48. The van der Waals surface area contributed by atoms with Crippen molar-refractivity contribution >= 4 is 17.6 Å². The number of nitriles is 1. The van der Waals surface area contributed by atoms with Crippen molar-refractivity contribution in [3.05, 3.63) is 53.3 Å². The number of aromatic nitrogens is 1. The van der Waals surface area contributed by atoms with Gasteiger partial charge in [0.05, 0.1) is 5.56 Å². The summed E-state index contributed by atoms with van der Waals surface area (Å²) in [6.07, 6.45) is 1.13. The van der Waals surface area contributed by atoms with Crippen LogP contribution in [-0.4, -0.2) is 35.0 Å². The number of carbonyl (C=O) groups is 1. The predicted molar refractivity (Wildman–Crippen MR) is 107 cm³/mol. The molecule has 0 saturated carbocycles. The average molecular weight is 427 g/mol. The molecule has 2 aromatic rings. The van der Waals surface area contributed by atoms with Crippen molar-refractivity contribution in [3.63, 3.8) is 0 Å². The summed E-state index contributed by atoms with van der Waals surface area (Å²) in [6, 6.07) is 8.90. The van der Waals surface area contributed by atoms with E-state index in [2.05, 4.69) is 15.3 Å². The Hall–Kier alpha value is -3.74. The van der Waals surface area contributed by atoms with E-state index in [0.29, 0.717) is 5.56 Å². The van der Waals surface area contributed by atoms with E-state index in [4.69, 9.17) is 20.5 Å². The highest BCUT2D eigenvalue weighted by atomic mass is 19.3. The molecule has 1 unspecified atom stereocenters. The van der Waals surface area contributed by atoms with Gasteiger partial charge in [0.1, 0.15) is 23.1 Å². The van der Waals surface area contributed by atoms with Crippen LogP contribution in [0.3, 0.4) is 0 Å². The Bertz CT molecular complexity index is 1120. The number of amidine groups is 1. The summed E-state index contributed by atoms with van der Waals surface area (Å²) in [5.74, 6) is -3.69. The third kappa shape index (κ3) is 3.52. The Morgan fingerprint density at radius 3 is 2.74 bits per heavy atom. The quantitative estimate of drug-likeness (QED) is 0.760. The van der Waals surface area contributed by atoms with Gasteiger partial charge in [-0.1, -0.05) is 0 Å². The van der Waals surface area contributed by atoms with Gasteiger partial charge in [0.15, 0.2) is 12.1 Å². The van der Waals surface area contributed by atoms with Gasteiger partial charge in [0.2, 0.25) is 0 Å². The third-order valence-electron chi connectivity index (χ3n) is 5.18. The number of carbonyl (C=O) groups excluding carboxylic acids is 1. The number of halogens is 2. The lowest BCUT2D eigenvalue weighted by Crippen LogP contribution is -2.58. The van der Waals surface area contributed by atoms with Gasteiger partial charge in [-0.3, -0.25) is 4.79 Å². The molecule has 1 amide bonds. The highest BCUT2D eigenvalue weighted by Crippen LogP contribution is 2.55. The number of alkyl halides is 2. The number of ether oxygens (including phenoxy) is 2. The van der Waals surface area contributed by atoms with Gasteiger partial charge in [-0.15, -0.1) is 0 Å². The van der Waals surface area contributed by atoms with E-state index in [0.717, 1.165) is 0 Å². The zero-order chi connectivity index (χ0) is 22.4. The molecule has 4 rings (SSSR count). The summed E-state index contributed by atoms with van der Waals surface area (Å²) in [5, 5.41) is 11.5. The van der Waals surface area contributed by atoms with Crippen LogP contribution in [0.1, 0.15) is 41.9 Å². The first kappa shape index (κ1) is 20.5. The molecule has 0 bridgehead atoms. The van der Waals surface area contributed by atoms with Gasteiger partial charge in [0.25, 0.3) is 11.9 Å². The van der Waals surface area contributed by atoms with Crippen LogP contribution in [0.5, 0.6) is 5.75 Å². The van der Waals surface area contributed by atoms with Crippen LogP contribution in [0.2, 0.25) is 0 Å². The number of nitrogens with zero attached hydrogens (tertiary/aromatic N) is 3. The number of rotatable bonds is 2. The molecule has 2 aliphatic heterocycles. The average Bonchev–Trinajstić information content (AvgIpc) is 2.71. The molecular weight excluding hydrogens is 408 g/mol. The van der Waals surface area contributed by atoms with Crippen molar-refractivity contribution in [1.82, 2.24) is 4.98 Å². The minimum Gasteiger partial charge on any atom is -0.487 e. The number of aliphatic imine (C=N–C) groups is 1. The normalized spacial score (nSPS) is 22.9. The lowest BCUT2D eigenvalue weighted by molar-refractivity contribution is -0.148. The van der Waals surface area contributed by atoms with Crippen molar-refractivity contribution in [1.29, 1.82) is 5.26 Å². The van der Waals surface area contributed by atoms with Gasteiger partial charge in [-0.2, -0.15) is 14.0 Å². The molecule has 3 heterocycles. The van der Waals surface area contributed by atoms with Gasteiger partial charge in [-0.05, 0) is 44.2 Å². The Labute approximate surface area is 176 Å². The third-order valence-corrected chi connectivity index (χ3v) is 5.18. The summed E-state index contributed by atoms with van der Waals surface area (Å²) in [6.45, 7) is 2.48. The number of fused-ring (bicyclic) bond motifs is 2. The second-order valence-electron chi connectivity index (χ2n) is 8.05. The number of hydrogen-bond acceptors (Lipinski definition) is 7. The molecule has 0 saturated heterocycles. The van der Waals surface area contributed by atoms with Gasteiger partial charge >= 0.3 is 5.92 Å². The Balaban J connectivity index is 1.75. The molecule has 0 aliphatic carbocycles. The summed E-state index contributed by atoms with van der Waals surface area (Å²) < 4.78 is 41.1. The van der Waals surface area contributed by atoms with E-state index < -0.39 is 29.6 Å². The minimum atomic E-state index is -3.36. The molecular formula is C21H19F2N5O3. The summed E-state index contributed by atoms with van der Waals surface area (Å²) in [5.41, 5.74) is 3.49. The fraction of sp³-hybridized carbons (Fsp3) is 0.333. The number of amides is 1. The highest BCUT2D eigenvalue weighted by molar-refractivity contribution is 6.03. The number of benzene rings is 1. The molecule has 31 heavy (non-hydrogen) atoms. The van der Waals surface area contributed by atoms with Crippen LogP contribution in [0.15, 0.2) is 41.5 Å². The van der Waals surface area contributed by atoms with Crippen LogP contribution in [0.4, 0.5) is 14.5 Å². The van der Waals surface area contributed by atoms with Crippen molar-refractivity contribution in [2.75, 3.05) is 11.9 Å². The maximum Gasteiger partial charge on any atom is 0.310 e. The number of nitrogens with two attached hydrogens (primary N) is 1. The number of hydrogen-bond donors (Lipinski definition) is 2. The van der Waals surface area contributed by atoms with Crippen molar-refractivity contribution in [2.45, 2.75) is 37.3 Å². The van der Waals surface area contributed by atoms with E-state index in [1.807, 2.05) is 6.07 Å². The second kappa shape index (κ2) is 6.91. The van der Waals surface area contributed by atoms with Crippen LogP contribution >= 0.6 is 0 Å². The van der Waals surface area contributed by atoms with E-state index in [-0.39, 0.29) is 35.1 Å². The Morgan fingerprint density at radius 1 is 1.29 bits per heavy atom. The number of nitrogens with one attached hydrogen (secondary N) is 1. The fourth-order valence-electron chi connectivity index (χ4n) is 3.87.